The summed E-state index contributed by atoms with van der Waals surface area (Å²) in [4.78, 5) is 40.8. The minimum absolute atomic E-state index is 0.0448. The van der Waals surface area contributed by atoms with Crippen LogP contribution in [0.25, 0.3) is 0 Å². The van der Waals surface area contributed by atoms with Crippen LogP contribution >= 0.6 is 0 Å². The van der Waals surface area contributed by atoms with Gasteiger partial charge in [-0.05, 0) is 36.4 Å². The van der Waals surface area contributed by atoms with E-state index in [1.165, 1.54) is 36.4 Å². The molecule has 2 aliphatic heterocycles. The van der Waals surface area contributed by atoms with E-state index in [2.05, 4.69) is 4.90 Å². The molecular formula is C20H19FN4O4. The van der Waals surface area contributed by atoms with E-state index in [1.54, 1.807) is 12.1 Å². The molecule has 0 aliphatic carbocycles. The largest absolute Gasteiger partial charge is 0.369 e. The molecule has 0 aromatic heterocycles. The number of halogens is 1. The fourth-order valence-electron chi connectivity index (χ4n) is 3.84. The van der Waals surface area contributed by atoms with Crippen molar-refractivity contribution in [3.8, 4) is 0 Å². The summed E-state index contributed by atoms with van der Waals surface area (Å²) in [5, 5.41) is 10.8. The van der Waals surface area contributed by atoms with E-state index < -0.39 is 16.8 Å². The van der Waals surface area contributed by atoms with Gasteiger partial charge in [0.15, 0.2) is 0 Å². The van der Waals surface area contributed by atoms with Gasteiger partial charge in [-0.2, -0.15) is 0 Å². The molecule has 2 aliphatic rings. The van der Waals surface area contributed by atoms with Gasteiger partial charge in [0.2, 0.25) is 5.91 Å². The predicted octanol–water partition coefficient (Wildman–Crippen LogP) is 2.19. The van der Waals surface area contributed by atoms with Crippen molar-refractivity contribution >= 4 is 28.9 Å². The molecule has 2 heterocycles. The zero-order valence-corrected chi connectivity index (χ0v) is 15.5. The number of anilines is 2. The van der Waals surface area contributed by atoms with Crippen molar-refractivity contribution in [1.82, 2.24) is 4.90 Å². The number of amides is 2. The molecule has 0 bridgehead atoms. The smallest absolute Gasteiger partial charge is 0.269 e. The molecule has 1 atom stereocenters. The van der Waals surface area contributed by atoms with Crippen LogP contribution in [0.1, 0.15) is 6.42 Å². The van der Waals surface area contributed by atoms with Gasteiger partial charge in [-0.15, -0.1) is 0 Å². The number of nitrogens with zero attached hydrogens (tertiary/aromatic N) is 4. The lowest BCUT2D eigenvalue weighted by Gasteiger charge is -2.38. The molecule has 2 fully saturated rings. The van der Waals surface area contributed by atoms with Crippen molar-refractivity contribution in [3.05, 3.63) is 64.5 Å². The number of rotatable bonds is 4. The summed E-state index contributed by atoms with van der Waals surface area (Å²) in [5.41, 5.74) is 1.31. The number of nitro benzene ring substituents is 1. The molecule has 29 heavy (non-hydrogen) atoms. The van der Waals surface area contributed by atoms with Crippen LogP contribution in [0.3, 0.4) is 0 Å². The van der Waals surface area contributed by atoms with Gasteiger partial charge in [-0.25, -0.2) is 9.29 Å². The lowest BCUT2D eigenvalue weighted by Crippen LogP contribution is -2.52. The Morgan fingerprint density at radius 2 is 1.48 bits per heavy atom. The van der Waals surface area contributed by atoms with Crippen LogP contribution in [0.15, 0.2) is 48.5 Å². The van der Waals surface area contributed by atoms with Crippen LogP contribution in [0.5, 0.6) is 0 Å². The maximum absolute atomic E-state index is 13.1. The molecule has 0 spiro atoms. The molecule has 150 valence electrons. The third-order valence-corrected chi connectivity index (χ3v) is 5.39. The van der Waals surface area contributed by atoms with Crippen molar-refractivity contribution in [2.75, 3.05) is 36.0 Å². The van der Waals surface area contributed by atoms with E-state index in [-0.39, 0.29) is 23.9 Å². The minimum atomic E-state index is -0.522. The van der Waals surface area contributed by atoms with Gasteiger partial charge in [0, 0.05) is 44.0 Å². The Kier molecular flexibility index (Phi) is 4.98. The van der Waals surface area contributed by atoms with Crippen LogP contribution in [-0.4, -0.2) is 53.9 Å². The highest BCUT2D eigenvalue weighted by molar-refractivity contribution is 6.22. The van der Waals surface area contributed by atoms with Crippen molar-refractivity contribution < 1.29 is 18.9 Å². The summed E-state index contributed by atoms with van der Waals surface area (Å²) < 4.78 is 13.1. The highest BCUT2D eigenvalue weighted by atomic mass is 19.1. The summed E-state index contributed by atoms with van der Waals surface area (Å²) in [7, 11) is 0. The number of nitro groups is 1. The first-order valence-electron chi connectivity index (χ1n) is 9.30. The Morgan fingerprint density at radius 1 is 0.897 bits per heavy atom. The Balaban J connectivity index is 1.41. The van der Waals surface area contributed by atoms with Crippen molar-refractivity contribution in [3.63, 3.8) is 0 Å². The highest BCUT2D eigenvalue weighted by Crippen LogP contribution is 2.27. The number of carbonyl (C=O) groups is 2. The average Bonchev–Trinajstić information content (AvgIpc) is 3.03. The molecule has 9 heteroatoms. The molecule has 2 aromatic rings. The second-order valence-corrected chi connectivity index (χ2v) is 7.06. The summed E-state index contributed by atoms with van der Waals surface area (Å²) in [6, 6.07) is 11.2. The van der Waals surface area contributed by atoms with Crippen LogP contribution in [0.4, 0.5) is 21.5 Å². The first-order valence-corrected chi connectivity index (χ1v) is 9.30. The van der Waals surface area contributed by atoms with Crippen LogP contribution in [0, 0.1) is 15.9 Å². The predicted molar refractivity (Wildman–Crippen MR) is 104 cm³/mol. The Labute approximate surface area is 166 Å². The summed E-state index contributed by atoms with van der Waals surface area (Å²) >= 11 is 0. The second-order valence-electron chi connectivity index (χ2n) is 7.06. The second kappa shape index (κ2) is 7.59. The van der Waals surface area contributed by atoms with Gasteiger partial charge >= 0.3 is 0 Å². The van der Waals surface area contributed by atoms with Crippen LogP contribution < -0.4 is 9.80 Å². The first kappa shape index (κ1) is 19.0. The number of hydrogen-bond donors (Lipinski definition) is 0. The van der Waals surface area contributed by atoms with Crippen molar-refractivity contribution in [1.29, 1.82) is 0 Å². The van der Waals surface area contributed by atoms with Crippen molar-refractivity contribution in [2.45, 2.75) is 12.5 Å². The molecule has 0 saturated carbocycles. The quantitative estimate of drug-likeness (QED) is 0.446. The van der Waals surface area contributed by atoms with E-state index >= 15 is 0 Å². The molecular weight excluding hydrogens is 379 g/mol. The summed E-state index contributed by atoms with van der Waals surface area (Å²) in [6.45, 7) is 2.48. The van der Waals surface area contributed by atoms with E-state index in [9.17, 15) is 24.1 Å². The minimum Gasteiger partial charge on any atom is -0.369 e. The molecule has 0 N–H and O–H groups in total. The first-order chi connectivity index (χ1) is 13.9. The zero-order chi connectivity index (χ0) is 20.5. The number of benzene rings is 2. The third-order valence-electron chi connectivity index (χ3n) is 5.39. The van der Waals surface area contributed by atoms with E-state index in [0.717, 1.165) is 10.6 Å². The molecule has 4 rings (SSSR count). The number of hydrogen-bond acceptors (Lipinski definition) is 6. The van der Waals surface area contributed by atoms with E-state index in [4.69, 9.17) is 0 Å². The van der Waals surface area contributed by atoms with Crippen LogP contribution in [-0.2, 0) is 9.59 Å². The Morgan fingerprint density at radius 3 is 2.07 bits per heavy atom. The lowest BCUT2D eigenvalue weighted by molar-refractivity contribution is -0.384. The summed E-state index contributed by atoms with van der Waals surface area (Å²) in [6.07, 6.45) is 0.105. The van der Waals surface area contributed by atoms with Gasteiger partial charge in [0.1, 0.15) is 5.82 Å². The molecule has 8 nitrogen and oxygen atoms in total. The monoisotopic (exact) mass is 398 g/mol. The van der Waals surface area contributed by atoms with E-state index in [1.807, 2.05) is 4.90 Å². The van der Waals surface area contributed by atoms with Crippen LogP contribution in [0.2, 0.25) is 0 Å². The Bertz CT molecular complexity index is 940. The number of non-ortho nitro benzene ring substituents is 1. The average molecular weight is 398 g/mol. The van der Waals surface area contributed by atoms with Gasteiger partial charge in [-0.3, -0.25) is 24.6 Å². The normalized spacial score (nSPS) is 20.4. The SMILES string of the molecule is O=C1C[C@H](N2CCN(c3ccc([N+](=O)[O-])cc3)CC2)C(=O)N1c1ccc(F)cc1. The fraction of sp³-hybridized carbons (Fsp3) is 0.300. The lowest BCUT2D eigenvalue weighted by atomic mass is 10.1. The number of piperazine rings is 1. The standard InChI is InChI=1S/C20H19FN4O4/c21-14-1-3-16(4-2-14)24-19(26)13-18(20(24)27)23-11-9-22(10-12-23)15-5-7-17(8-6-15)25(28)29/h1-8,18H,9-13H2/t18-/m0/s1. The number of imide groups is 1. The van der Waals surface area contributed by atoms with Gasteiger partial charge in [-0.1, -0.05) is 0 Å². The summed E-state index contributed by atoms with van der Waals surface area (Å²) in [5.74, 6) is -0.999. The van der Waals surface area contributed by atoms with Crippen molar-refractivity contribution in [2.24, 2.45) is 0 Å². The topological polar surface area (TPSA) is 87.0 Å². The zero-order valence-electron chi connectivity index (χ0n) is 15.5. The molecule has 2 saturated heterocycles. The number of carbonyl (C=O) groups excluding carboxylic acids is 2. The van der Waals surface area contributed by atoms with Gasteiger partial charge in [0.25, 0.3) is 11.6 Å². The maximum Gasteiger partial charge on any atom is 0.269 e. The maximum atomic E-state index is 13.1. The molecule has 0 unspecified atom stereocenters. The van der Waals surface area contributed by atoms with E-state index in [0.29, 0.717) is 31.9 Å². The molecule has 2 amide bonds. The van der Waals surface area contributed by atoms with Gasteiger partial charge < -0.3 is 4.90 Å². The molecule has 2 aromatic carbocycles. The van der Waals surface area contributed by atoms with Gasteiger partial charge in [0.05, 0.1) is 23.1 Å². The Hall–Kier alpha value is -3.33. The fourth-order valence-corrected chi connectivity index (χ4v) is 3.84. The third kappa shape index (κ3) is 3.68. The molecule has 0 radical (unpaired) electrons. The highest BCUT2D eigenvalue weighted by Gasteiger charge is 2.43.